The second-order valence-corrected chi connectivity index (χ2v) is 8.56. The molecule has 1 aromatic carbocycles. The summed E-state index contributed by atoms with van der Waals surface area (Å²) in [6.07, 6.45) is 10.3. The van der Waals surface area contributed by atoms with Gasteiger partial charge >= 0.3 is 0 Å². The van der Waals surface area contributed by atoms with Crippen LogP contribution in [0.2, 0.25) is 5.02 Å². The van der Waals surface area contributed by atoms with Gasteiger partial charge in [0.1, 0.15) is 0 Å². The van der Waals surface area contributed by atoms with Gasteiger partial charge in [0.2, 0.25) is 5.91 Å². The summed E-state index contributed by atoms with van der Waals surface area (Å²) in [4.78, 5) is 27.1. The zero-order valence-electron chi connectivity index (χ0n) is 16.6. The van der Waals surface area contributed by atoms with Gasteiger partial charge in [-0.25, -0.2) is 0 Å². The Morgan fingerprint density at radius 3 is 2.25 bits per heavy atom. The molecule has 2 aliphatic rings. The Bertz CT molecular complexity index is 650. The van der Waals surface area contributed by atoms with Gasteiger partial charge in [0.15, 0.2) is 0 Å². The van der Waals surface area contributed by atoms with E-state index in [0.717, 1.165) is 19.6 Å². The fraction of sp³-hybridized carbons (Fsp3) is 0.636. The summed E-state index contributed by atoms with van der Waals surface area (Å²) in [6.45, 7) is 3.39. The molecule has 1 heterocycles. The van der Waals surface area contributed by atoms with Crippen LogP contribution in [0.1, 0.15) is 68.1 Å². The average molecular weight is 406 g/mol. The van der Waals surface area contributed by atoms with Crippen molar-refractivity contribution >= 4 is 23.4 Å². The van der Waals surface area contributed by atoms with Crippen molar-refractivity contribution in [2.24, 2.45) is 0 Å². The predicted molar refractivity (Wildman–Crippen MR) is 113 cm³/mol. The zero-order valence-corrected chi connectivity index (χ0v) is 17.4. The second-order valence-electron chi connectivity index (χ2n) is 8.12. The number of nitrogens with one attached hydrogen (secondary N) is 2. The lowest BCUT2D eigenvalue weighted by Gasteiger charge is -2.48. The van der Waals surface area contributed by atoms with Crippen molar-refractivity contribution in [1.29, 1.82) is 0 Å². The summed E-state index contributed by atoms with van der Waals surface area (Å²) >= 11 is 5.84. The Morgan fingerprint density at radius 1 is 0.929 bits per heavy atom. The summed E-state index contributed by atoms with van der Waals surface area (Å²) in [5.41, 5.74) is 0.692. The van der Waals surface area contributed by atoms with Crippen LogP contribution >= 0.6 is 11.6 Å². The number of rotatable bonds is 7. The first-order chi connectivity index (χ1) is 13.6. The second kappa shape index (κ2) is 10.3. The molecule has 2 amide bonds. The standard InChI is InChI=1S/C22H32ClN3O2/c23-19-9-7-18(8-10-19)21(28)24-14-11-20(27)25-17-22(12-3-1-4-13-22)26-15-5-2-6-16-26/h7-10H,1-6,11-17H2,(H,24,28)(H,25,27). The third-order valence-corrected chi connectivity index (χ3v) is 6.42. The zero-order chi connectivity index (χ0) is 19.8. The number of nitrogens with zero attached hydrogens (tertiary/aromatic N) is 1. The SMILES string of the molecule is O=C(CCNC(=O)c1ccc(Cl)cc1)NCC1(N2CCCCC2)CCCCC1. The number of benzene rings is 1. The van der Waals surface area contributed by atoms with Crippen molar-refractivity contribution in [2.45, 2.75) is 63.3 Å². The molecular formula is C22H32ClN3O2. The first-order valence-corrected chi connectivity index (χ1v) is 11.0. The Balaban J connectivity index is 1.44. The molecule has 2 fully saturated rings. The molecule has 0 radical (unpaired) electrons. The number of piperidine rings is 1. The lowest BCUT2D eigenvalue weighted by Crippen LogP contribution is -2.58. The number of carbonyl (C=O) groups excluding carboxylic acids is 2. The van der Waals surface area contributed by atoms with Crippen molar-refractivity contribution in [3.8, 4) is 0 Å². The summed E-state index contributed by atoms with van der Waals surface area (Å²) in [5, 5.41) is 6.57. The first-order valence-electron chi connectivity index (χ1n) is 10.6. The Kier molecular flexibility index (Phi) is 7.74. The summed E-state index contributed by atoms with van der Waals surface area (Å²) in [7, 11) is 0. The monoisotopic (exact) mass is 405 g/mol. The fourth-order valence-electron chi connectivity index (χ4n) is 4.53. The van der Waals surface area contributed by atoms with Crippen molar-refractivity contribution in [1.82, 2.24) is 15.5 Å². The van der Waals surface area contributed by atoms with E-state index in [1.165, 1.54) is 51.4 Å². The van der Waals surface area contributed by atoms with E-state index in [9.17, 15) is 9.59 Å². The average Bonchev–Trinajstić information content (AvgIpc) is 2.74. The molecule has 3 rings (SSSR count). The Hall–Kier alpha value is -1.59. The highest BCUT2D eigenvalue weighted by molar-refractivity contribution is 6.30. The van der Waals surface area contributed by atoms with Gasteiger partial charge in [-0.3, -0.25) is 14.5 Å². The molecule has 1 saturated heterocycles. The van der Waals surface area contributed by atoms with E-state index in [2.05, 4.69) is 15.5 Å². The van der Waals surface area contributed by atoms with Gasteiger partial charge in [-0.05, 0) is 63.0 Å². The van der Waals surface area contributed by atoms with Crippen LogP contribution in [0.5, 0.6) is 0 Å². The third-order valence-electron chi connectivity index (χ3n) is 6.17. The van der Waals surface area contributed by atoms with Crippen LogP contribution in [0.3, 0.4) is 0 Å². The normalized spacial score (nSPS) is 19.8. The lowest BCUT2D eigenvalue weighted by molar-refractivity contribution is -0.122. The minimum absolute atomic E-state index is 0.0124. The maximum absolute atomic E-state index is 12.4. The molecule has 1 saturated carbocycles. The lowest BCUT2D eigenvalue weighted by atomic mass is 9.79. The van der Waals surface area contributed by atoms with Crippen LogP contribution in [0.25, 0.3) is 0 Å². The van der Waals surface area contributed by atoms with Gasteiger partial charge in [-0.15, -0.1) is 0 Å². The molecule has 1 aliphatic carbocycles. The topological polar surface area (TPSA) is 61.4 Å². The van der Waals surface area contributed by atoms with E-state index >= 15 is 0 Å². The van der Waals surface area contributed by atoms with Gasteiger partial charge in [0.25, 0.3) is 5.91 Å². The number of halogens is 1. The largest absolute Gasteiger partial charge is 0.354 e. The first kappa shape index (κ1) is 21.1. The summed E-state index contributed by atoms with van der Waals surface area (Å²) in [6, 6.07) is 6.74. The van der Waals surface area contributed by atoms with Crippen molar-refractivity contribution in [3.05, 3.63) is 34.9 Å². The minimum atomic E-state index is -0.179. The predicted octanol–water partition coefficient (Wildman–Crippen LogP) is 3.76. The van der Waals surface area contributed by atoms with Crippen LogP contribution < -0.4 is 10.6 Å². The summed E-state index contributed by atoms with van der Waals surface area (Å²) < 4.78 is 0. The summed E-state index contributed by atoms with van der Waals surface area (Å²) in [5.74, 6) is -0.167. The van der Waals surface area contributed by atoms with Crippen LogP contribution in [0, 0.1) is 0 Å². The maximum Gasteiger partial charge on any atom is 0.251 e. The molecule has 2 N–H and O–H groups in total. The van der Waals surface area contributed by atoms with Crippen LogP contribution in [-0.2, 0) is 4.79 Å². The van der Waals surface area contributed by atoms with Crippen LogP contribution in [-0.4, -0.2) is 48.4 Å². The third kappa shape index (κ3) is 5.71. The molecule has 1 aliphatic heterocycles. The van der Waals surface area contributed by atoms with Gasteiger partial charge < -0.3 is 10.6 Å². The number of carbonyl (C=O) groups is 2. The highest BCUT2D eigenvalue weighted by Crippen LogP contribution is 2.35. The molecule has 0 unspecified atom stereocenters. The number of amides is 2. The van der Waals surface area contributed by atoms with Crippen LogP contribution in [0.15, 0.2) is 24.3 Å². The number of hydrogen-bond donors (Lipinski definition) is 2. The smallest absolute Gasteiger partial charge is 0.251 e. The van der Waals surface area contributed by atoms with E-state index in [1.54, 1.807) is 24.3 Å². The molecule has 28 heavy (non-hydrogen) atoms. The molecule has 5 nitrogen and oxygen atoms in total. The molecule has 0 bridgehead atoms. The van der Waals surface area contributed by atoms with Gasteiger partial charge in [0.05, 0.1) is 0 Å². The maximum atomic E-state index is 12.4. The van der Waals surface area contributed by atoms with Gasteiger partial charge in [0, 0.05) is 35.6 Å². The highest BCUT2D eigenvalue weighted by Gasteiger charge is 2.38. The molecule has 1 aromatic rings. The molecule has 6 heteroatoms. The molecule has 0 atom stereocenters. The Morgan fingerprint density at radius 2 is 1.57 bits per heavy atom. The van der Waals surface area contributed by atoms with Gasteiger partial charge in [-0.1, -0.05) is 37.3 Å². The molecular weight excluding hydrogens is 374 g/mol. The highest BCUT2D eigenvalue weighted by atomic mass is 35.5. The Labute approximate surface area is 173 Å². The quantitative estimate of drug-likeness (QED) is 0.725. The minimum Gasteiger partial charge on any atom is -0.354 e. The van der Waals surface area contributed by atoms with Crippen molar-refractivity contribution in [3.63, 3.8) is 0 Å². The molecule has 154 valence electrons. The van der Waals surface area contributed by atoms with E-state index < -0.39 is 0 Å². The van der Waals surface area contributed by atoms with Crippen molar-refractivity contribution in [2.75, 3.05) is 26.2 Å². The van der Waals surface area contributed by atoms with E-state index in [0.29, 0.717) is 23.6 Å². The van der Waals surface area contributed by atoms with E-state index in [1.807, 2.05) is 0 Å². The molecule has 0 spiro atoms. The molecule has 0 aromatic heterocycles. The van der Waals surface area contributed by atoms with Gasteiger partial charge in [-0.2, -0.15) is 0 Å². The number of hydrogen-bond acceptors (Lipinski definition) is 3. The van der Waals surface area contributed by atoms with Crippen LogP contribution in [0.4, 0.5) is 0 Å². The van der Waals surface area contributed by atoms with E-state index in [4.69, 9.17) is 11.6 Å². The van der Waals surface area contributed by atoms with Crippen molar-refractivity contribution < 1.29 is 9.59 Å². The van der Waals surface area contributed by atoms with E-state index in [-0.39, 0.29) is 17.4 Å². The fourth-order valence-corrected chi connectivity index (χ4v) is 4.65. The number of likely N-dealkylation sites (tertiary alicyclic amines) is 1.